The Morgan fingerprint density at radius 1 is 0.576 bits per heavy atom. The lowest BCUT2D eigenvalue weighted by atomic mass is 10.5. The Kier molecular flexibility index (Phi) is 15.2. The molecule has 188 valence electrons. The van der Waals surface area contributed by atoms with E-state index < -0.39 is 0 Å². The van der Waals surface area contributed by atoms with E-state index in [2.05, 4.69) is 14.7 Å². The van der Waals surface area contributed by atoms with E-state index in [0.717, 1.165) is 103 Å². The molecule has 3 fully saturated rings. The van der Waals surface area contributed by atoms with Crippen LogP contribution in [0.25, 0.3) is 0 Å². The Labute approximate surface area is 237 Å². The molecule has 3 saturated heterocycles. The van der Waals surface area contributed by atoms with Crippen molar-refractivity contribution < 1.29 is 14.2 Å². The summed E-state index contributed by atoms with van der Waals surface area (Å²) in [5.74, 6) is 1.99. The quantitative estimate of drug-likeness (QED) is 0.284. The molecule has 3 rings (SSSR count). The summed E-state index contributed by atoms with van der Waals surface area (Å²) in [7, 11) is 10.7. The zero-order valence-electron chi connectivity index (χ0n) is 18.2. The minimum atomic E-state index is 0.434. The second-order valence-corrected chi connectivity index (χ2v) is 16.2. The molecular weight excluding hydrogens is 595 g/mol. The third-order valence-corrected chi connectivity index (χ3v) is 15.0. The predicted octanol–water partition coefficient (Wildman–Crippen LogP) is 4.35. The summed E-state index contributed by atoms with van der Waals surface area (Å²) < 4.78 is 19.2. The highest BCUT2D eigenvalue weighted by molar-refractivity contribution is 8.86. The van der Waals surface area contributed by atoms with Crippen molar-refractivity contribution in [2.24, 2.45) is 0 Å². The zero-order chi connectivity index (χ0) is 23.3. The van der Waals surface area contributed by atoms with Gasteiger partial charge >= 0.3 is 0 Å². The Hall–Kier alpha value is 1.65. The van der Waals surface area contributed by atoms with Crippen LogP contribution in [0.15, 0.2) is 0 Å². The van der Waals surface area contributed by atoms with Gasteiger partial charge in [0.2, 0.25) is 0 Å². The molecule has 0 radical (unpaired) electrons. The first-order valence-electron chi connectivity index (χ1n) is 10.7. The summed E-state index contributed by atoms with van der Waals surface area (Å²) in [6.07, 6.45) is 0. The van der Waals surface area contributed by atoms with Gasteiger partial charge in [0.1, 0.15) is 13.0 Å². The average Bonchev–Trinajstić information content (AvgIpc) is 2.88. The highest BCUT2D eigenvalue weighted by Gasteiger charge is 2.21. The summed E-state index contributed by atoms with van der Waals surface area (Å²) in [5.41, 5.74) is 0. The van der Waals surface area contributed by atoms with Gasteiger partial charge in [0.25, 0.3) is 0 Å². The molecule has 3 heterocycles. The van der Waals surface area contributed by atoms with E-state index >= 15 is 0 Å². The number of ether oxygens (including phenoxy) is 3. The predicted molar refractivity (Wildman–Crippen MR) is 164 cm³/mol. The number of rotatable bonds is 8. The maximum Gasteiger partial charge on any atom is 0.147 e. The second kappa shape index (κ2) is 17.2. The lowest BCUT2D eigenvalue weighted by molar-refractivity contribution is 0.0702. The van der Waals surface area contributed by atoms with Gasteiger partial charge in [-0.1, -0.05) is 69.0 Å². The molecule has 0 atom stereocenters. The lowest BCUT2D eigenvalue weighted by Crippen LogP contribution is -2.38. The Balaban J connectivity index is 1.41. The zero-order valence-corrected chi connectivity index (χ0v) is 25.6. The number of nitrogens with zero attached hydrogens (tertiary/aromatic N) is 3. The Morgan fingerprint density at radius 2 is 0.909 bits per heavy atom. The topological polar surface area (TPSA) is 37.4 Å². The summed E-state index contributed by atoms with van der Waals surface area (Å²) in [5, 5.41) is 0.434. The van der Waals surface area contributed by atoms with E-state index in [9.17, 15) is 0 Å². The molecule has 0 amide bonds. The third-order valence-electron chi connectivity index (χ3n) is 4.83. The summed E-state index contributed by atoms with van der Waals surface area (Å²) >= 11 is 16.9. The van der Waals surface area contributed by atoms with Crippen LogP contribution in [-0.4, -0.2) is 123 Å². The molecule has 3 aliphatic rings. The minimum Gasteiger partial charge on any atom is -0.378 e. The van der Waals surface area contributed by atoms with Crippen LogP contribution in [-0.2, 0) is 14.2 Å². The molecule has 0 saturated carbocycles. The van der Waals surface area contributed by atoms with Crippen LogP contribution in [0.1, 0.15) is 0 Å². The van der Waals surface area contributed by atoms with Crippen molar-refractivity contribution in [1.82, 2.24) is 14.7 Å². The molecular formula is C18H29N3O3S9. The van der Waals surface area contributed by atoms with Crippen molar-refractivity contribution in [1.29, 1.82) is 0 Å². The average molecular weight is 624 g/mol. The van der Waals surface area contributed by atoms with E-state index in [1.54, 1.807) is 32.4 Å². The second-order valence-electron chi connectivity index (χ2n) is 7.13. The van der Waals surface area contributed by atoms with Crippen LogP contribution in [0.4, 0.5) is 0 Å². The van der Waals surface area contributed by atoms with Crippen LogP contribution in [0, 0.1) is 0 Å². The van der Waals surface area contributed by atoms with Crippen LogP contribution < -0.4 is 0 Å². The van der Waals surface area contributed by atoms with E-state index in [4.69, 9.17) is 50.9 Å². The fourth-order valence-electron chi connectivity index (χ4n) is 2.93. The fourth-order valence-corrected chi connectivity index (χ4v) is 12.8. The van der Waals surface area contributed by atoms with Crippen molar-refractivity contribution in [2.75, 3.05) is 90.4 Å². The smallest absolute Gasteiger partial charge is 0.147 e. The number of morpholine rings is 3. The van der Waals surface area contributed by atoms with Gasteiger partial charge in [-0.05, 0) is 32.4 Å². The van der Waals surface area contributed by atoms with E-state index in [1.807, 2.05) is 32.4 Å². The molecule has 15 heteroatoms. The van der Waals surface area contributed by atoms with Crippen LogP contribution >= 0.6 is 101 Å². The molecule has 0 unspecified atom stereocenters. The SMILES string of the molecule is S=C(SSCC(CSSC(=S)N1CCOCC1)SSC(=S)N1CCOCC1)N1CCOCC1. The number of hydrogen-bond acceptors (Lipinski definition) is 12. The van der Waals surface area contributed by atoms with Gasteiger partial charge in [-0.2, -0.15) is 0 Å². The molecule has 0 aromatic heterocycles. The summed E-state index contributed by atoms with van der Waals surface area (Å²) in [6, 6.07) is 0. The normalized spacial score (nSPS) is 19.7. The van der Waals surface area contributed by atoms with Crippen LogP contribution in [0.3, 0.4) is 0 Å². The van der Waals surface area contributed by atoms with Crippen LogP contribution in [0.2, 0.25) is 0 Å². The maximum atomic E-state index is 5.68. The standard InChI is InChI=1S/C18H29N3O3S9/c25-16(19-1-7-22-8-2-19)31-28-13-15(30-33-18(27)21-5-11-24-12-6-21)14-29-32-17(26)20-3-9-23-10-4-20/h15H,1-14H2. The summed E-state index contributed by atoms with van der Waals surface area (Å²) in [4.78, 5) is 6.73. The molecule has 3 aliphatic heterocycles. The van der Waals surface area contributed by atoms with Crippen molar-refractivity contribution in [2.45, 2.75) is 5.25 Å². The van der Waals surface area contributed by atoms with Gasteiger partial charge < -0.3 is 28.9 Å². The van der Waals surface area contributed by atoms with Gasteiger partial charge in [0, 0.05) is 56.0 Å². The van der Waals surface area contributed by atoms with Gasteiger partial charge in [-0.15, -0.1) is 0 Å². The molecule has 0 aromatic carbocycles. The highest BCUT2D eigenvalue weighted by atomic mass is 33.1. The number of hydrogen-bond donors (Lipinski definition) is 0. The van der Waals surface area contributed by atoms with Crippen molar-refractivity contribution in [3.05, 3.63) is 0 Å². The van der Waals surface area contributed by atoms with E-state index in [0.29, 0.717) is 5.25 Å². The van der Waals surface area contributed by atoms with E-state index in [1.165, 1.54) is 0 Å². The van der Waals surface area contributed by atoms with Gasteiger partial charge in [-0.25, -0.2) is 0 Å². The monoisotopic (exact) mass is 623 g/mol. The number of thiocarbonyl (C=S) groups is 3. The molecule has 0 N–H and O–H groups in total. The maximum absolute atomic E-state index is 5.68. The first kappa shape index (κ1) is 29.2. The molecule has 6 nitrogen and oxygen atoms in total. The molecule has 0 bridgehead atoms. The Morgan fingerprint density at radius 3 is 1.27 bits per heavy atom. The molecule has 0 spiro atoms. The first-order valence-corrected chi connectivity index (χ1v) is 18.7. The first-order chi connectivity index (χ1) is 16.1. The van der Waals surface area contributed by atoms with Crippen molar-refractivity contribution in [3.63, 3.8) is 0 Å². The van der Waals surface area contributed by atoms with Crippen molar-refractivity contribution in [3.8, 4) is 0 Å². The van der Waals surface area contributed by atoms with Gasteiger partial charge in [-0.3, -0.25) is 0 Å². The largest absolute Gasteiger partial charge is 0.378 e. The minimum absolute atomic E-state index is 0.434. The molecule has 33 heavy (non-hydrogen) atoms. The van der Waals surface area contributed by atoms with Gasteiger partial charge in [0.05, 0.1) is 39.6 Å². The molecule has 0 aromatic rings. The molecule has 0 aliphatic carbocycles. The van der Waals surface area contributed by atoms with Crippen LogP contribution in [0.5, 0.6) is 0 Å². The summed E-state index contributed by atoms with van der Waals surface area (Å²) in [6.45, 7) is 9.87. The fraction of sp³-hybridized carbons (Fsp3) is 0.833. The van der Waals surface area contributed by atoms with Crippen molar-refractivity contribution >= 4 is 114 Å². The Bertz CT molecular complexity index is 595. The van der Waals surface area contributed by atoms with E-state index in [-0.39, 0.29) is 0 Å². The highest BCUT2D eigenvalue weighted by Crippen LogP contribution is 2.39. The lowest BCUT2D eigenvalue weighted by Gasteiger charge is -2.29. The third kappa shape index (κ3) is 11.3. The van der Waals surface area contributed by atoms with Gasteiger partial charge in [0.15, 0.2) is 0 Å².